The fourth-order valence-electron chi connectivity index (χ4n) is 4.18. The van der Waals surface area contributed by atoms with Crippen molar-refractivity contribution in [1.82, 2.24) is 28.4 Å². The van der Waals surface area contributed by atoms with E-state index in [2.05, 4.69) is 44.4 Å². The molecule has 0 saturated heterocycles. The summed E-state index contributed by atoms with van der Waals surface area (Å²) in [6, 6.07) is 3.25. The summed E-state index contributed by atoms with van der Waals surface area (Å²) >= 11 is 1.09. The lowest BCUT2D eigenvalue weighted by Gasteiger charge is -2.29. The first-order valence-electron chi connectivity index (χ1n) is 11.6. The molecule has 2 heterocycles. The molecule has 0 amide bonds. The summed E-state index contributed by atoms with van der Waals surface area (Å²) < 4.78 is 37.4. The van der Waals surface area contributed by atoms with Crippen molar-refractivity contribution in [2.75, 3.05) is 35.6 Å². The Morgan fingerprint density at radius 2 is 1.53 bits per heavy atom. The van der Waals surface area contributed by atoms with Crippen molar-refractivity contribution in [3.05, 3.63) is 17.7 Å². The summed E-state index contributed by atoms with van der Waals surface area (Å²) in [6.45, 7) is 7.95. The van der Waals surface area contributed by atoms with Crippen LogP contribution in [0.25, 0.3) is 11.0 Å². The van der Waals surface area contributed by atoms with Crippen LogP contribution in [0.5, 0.6) is 0 Å². The molecule has 1 fully saturated rings. The Bertz CT molecular complexity index is 1200. The Labute approximate surface area is 204 Å². The Kier molecular flexibility index (Phi) is 7.73. The molecule has 1 saturated carbocycles. The quantitative estimate of drug-likeness (QED) is 0.324. The molecular weight excluding hydrogens is 474 g/mol. The van der Waals surface area contributed by atoms with Gasteiger partial charge in [0.05, 0.1) is 16.6 Å². The fraction of sp³-hybridized carbons (Fsp3) is 0.571. The van der Waals surface area contributed by atoms with Crippen LogP contribution in [0.2, 0.25) is 0 Å². The molecule has 4 N–H and O–H groups in total. The van der Waals surface area contributed by atoms with E-state index in [1.54, 1.807) is 19.1 Å². The first kappa shape index (κ1) is 24.5. The monoisotopic (exact) mass is 505 g/mol. The Hall–Kier alpha value is -2.64. The van der Waals surface area contributed by atoms with Crippen LogP contribution < -0.4 is 20.7 Å². The third kappa shape index (κ3) is 5.70. The maximum Gasteiger partial charge on any atom is 0.241 e. The van der Waals surface area contributed by atoms with Gasteiger partial charge < -0.3 is 16.0 Å². The van der Waals surface area contributed by atoms with Crippen LogP contribution in [-0.4, -0.2) is 57.8 Å². The van der Waals surface area contributed by atoms with Crippen molar-refractivity contribution in [2.24, 2.45) is 5.92 Å². The van der Waals surface area contributed by atoms with E-state index in [0.29, 0.717) is 34.8 Å². The average molecular weight is 506 g/mol. The minimum atomic E-state index is -3.62. The summed E-state index contributed by atoms with van der Waals surface area (Å²) in [5.41, 5.74) is 2.02. The Morgan fingerprint density at radius 3 is 2.15 bits per heavy atom. The van der Waals surface area contributed by atoms with Gasteiger partial charge in [0, 0.05) is 25.7 Å². The molecule has 0 radical (unpaired) electrons. The maximum absolute atomic E-state index is 13.0. The zero-order valence-corrected chi connectivity index (χ0v) is 21.3. The lowest BCUT2D eigenvalue weighted by atomic mass is 9.86. The normalized spacial score (nSPS) is 18.7. The summed E-state index contributed by atoms with van der Waals surface area (Å²) in [5, 5.41) is 9.58. The van der Waals surface area contributed by atoms with Crippen molar-refractivity contribution in [3.8, 4) is 0 Å². The van der Waals surface area contributed by atoms with Crippen LogP contribution in [0.4, 0.5) is 17.8 Å². The molecule has 0 unspecified atom stereocenters. The van der Waals surface area contributed by atoms with Crippen LogP contribution >= 0.6 is 11.7 Å². The number of nitrogens with zero attached hydrogens (tertiary/aromatic N) is 5. The van der Waals surface area contributed by atoms with E-state index < -0.39 is 10.0 Å². The number of benzene rings is 1. The lowest BCUT2D eigenvalue weighted by molar-refractivity contribution is 0.323. The Morgan fingerprint density at radius 1 is 0.912 bits per heavy atom. The van der Waals surface area contributed by atoms with Crippen molar-refractivity contribution in [3.63, 3.8) is 0 Å². The van der Waals surface area contributed by atoms with Gasteiger partial charge in [0.15, 0.2) is 0 Å². The molecule has 13 heteroatoms. The highest BCUT2D eigenvalue weighted by Crippen LogP contribution is 2.28. The minimum absolute atomic E-state index is 0.0807. The van der Waals surface area contributed by atoms with Gasteiger partial charge in [0.25, 0.3) is 0 Å². The molecule has 184 valence electrons. The zero-order chi connectivity index (χ0) is 24.1. The average Bonchev–Trinajstić information content (AvgIpc) is 3.29. The highest BCUT2D eigenvalue weighted by Gasteiger charge is 2.27. The number of sulfonamides is 1. The molecule has 34 heavy (non-hydrogen) atoms. The molecular formula is C21H31N9O2S2. The highest BCUT2D eigenvalue weighted by atomic mass is 32.2. The number of anilines is 3. The number of fused-ring (bicyclic) bond motifs is 1. The van der Waals surface area contributed by atoms with Gasteiger partial charge in [0.2, 0.25) is 27.9 Å². The number of aryl methyl sites for hydroxylation is 1. The van der Waals surface area contributed by atoms with E-state index in [1.807, 2.05) is 13.8 Å². The molecule has 0 aliphatic heterocycles. The molecule has 1 aliphatic rings. The zero-order valence-electron chi connectivity index (χ0n) is 19.6. The molecule has 11 nitrogen and oxygen atoms in total. The van der Waals surface area contributed by atoms with Gasteiger partial charge in [-0.25, -0.2) is 13.1 Å². The standard InChI is InChI=1S/C21H31N9O2S2/c1-4-22-19-25-20(23-5-2)27-21(26-19)24-12-14-6-8-15(9-7-14)30-34(31,32)17-11-10-16-18(13(17)3)29-33-28-16/h10-11,14-15,30H,4-9,12H2,1-3H3,(H3,22,23,24,25,26,27). The molecule has 0 spiro atoms. The molecule has 4 rings (SSSR count). The van der Waals surface area contributed by atoms with Crippen molar-refractivity contribution >= 4 is 50.6 Å². The molecule has 0 atom stereocenters. The van der Waals surface area contributed by atoms with E-state index in [0.717, 1.165) is 62.6 Å². The number of hydrogen-bond acceptors (Lipinski definition) is 11. The molecule has 0 bridgehead atoms. The van der Waals surface area contributed by atoms with Gasteiger partial charge in [-0.05, 0) is 70.1 Å². The molecule has 3 aromatic rings. The number of nitrogens with one attached hydrogen (secondary N) is 4. The third-order valence-corrected chi connectivity index (χ3v) is 8.15. The van der Waals surface area contributed by atoms with Crippen molar-refractivity contribution in [1.29, 1.82) is 0 Å². The van der Waals surface area contributed by atoms with Gasteiger partial charge >= 0.3 is 0 Å². The van der Waals surface area contributed by atoms with Crippen LogP contribution in [0.1, 0.15) is 45.1 Å². The van der Waals surface area contributed by atoms with Gasteiger partial charge in [-0.3, -0.25) is 0 Å². The predicted molar refractivity (Wildman–Crippen MR) is 135 cm³/mol. The fourth-order valence-corrected chi connectivity index (χ4v) is 6.32. The van der Waals surface area contributed by atoms with Crippen LogP contribution in [0, 0.1) is 12.8 Å². The number of hydrogen-bond donors (Lipinski definition) is 4. The highest BCUT2D eigenvalue weighted by molar-refractivity contribution is 7.89. The molecule has 2 aromatic heterocycles. The van der Waals surface area contributed by atoms with Crippen LogP contribution in [0.15, 0.2) is 17.0 Å². The summed E-state index contributed by atoms with van der Waals surface area (Å²) in [4.78, 5) is 13.5. The number of aromatic nitrogens is 5. The van der Waals surface area contributed by atoms with Crippen molar-refractivity contribution in [2.45, 2.75) is 57.4 Å². The summed E-state index contributed by atoms with van der Waals surface area (Å²) in [6.07, 6.45) is 3.40. The SMILES string of the molecule is CCNc1nc(NCC)nc(NCC2CCC(NS(=O)(=O)c3ccc4nsnc4c3C)CC2)n1. The van der Waals surface area contributed by atoms with Gasteiger partial charge in [-0.1, -0.05) is 0 Å². The van der Waals surface area contributed by atoms with E-state index >= 15 is 0 Å². The second kappa shape index (κ2) is 10.7. The number of rotatable bonds is 10. The van der Waals surface area contributed by atoms with Gasteiger partial charge in [0.1, 0.15) is 11.0 Å². The van der Waals surface area contributed by atoms with E-state index in [-0.39, 0.29) is 10.9 Å². The summed E-state index contributed by atoms with van der Waals surface area (Å²) in [5.74, 6) is 2.03. The topological polar surface area (TPSA) is 147 Å². The van der Waals surface area contributed by atoms with Crippen LogP contribution in [0.3, 0.4) is 0 Å². The maximum atomic E-state index is 13.0. The van der Waals surface area contributed by atoms with Crippen LogP contribution in [-0.2, 0) is 10.0 Å². The summed E-state index contributed by atoms with van der Waals surface area (Å²) in [7, 11) is -3.62. The smallest absolute Gasteiger partial charge is 0.241 e. The molecule has 1 aromatic carbocycles. The lowest BCUT2D eigenvalue weighted by Crippen LogP contribution is -2.38. The van der Waals surface area contributed by atoms with E-state index in [4.69, 9.17) is 0 Å². The van der Waals surface area contributed by atoms with Gasteiger partial charge in [-0.2, -0.15) is 23.7 Å². The van der Waals surface area contributed by atoms with Crippen molar-refractivity contribution < 1.29 is 8.42 Å². The Balaban J connectivity index is 1.32. The minimum Gasteiger partial charge on any atom is -0.354 e. The van der Waals surface area contributed by atoms with Gasteiger partial charge in [-0.15, -0.1) is 0 Å². The third-order valence-electron chi connectivity index (χ3n) is 5.94. The first-order chi connectivity index (χ1) is 16.4. The first-order valence-corrected chi connectivity index (χ1v) is 13.8. The second-order valence-corrected chi connectivity index (χ2v) is 10.6. The molecule has 1 aliphatic carbocycles. The second-order valence-electron chi connectivity index (χ2n) is 8.41. The van der Waals surface area contributed by atoms with E-state index in [9.17, 15) is 8.42 Å². The van der Waals surface area contributed by atoms with E-state index in [1.165, 1.54) is 0 Å². The largest absolute Gasteiger partial charge is 0.354 e. The predicted octanol–water partition coefficient (Wildman–Crippen LogP) is 3.00.